The molecule has 2 aromatic carbocycles. The predicted molar refractivity (Wildman–Crippen MR) is 89.2 cm³/mol. The molecule has 2 aromatic rings. The van der Waals surface area contributed by atoms with E-state index in [-0.39, 0.29) is 0 Å². The van der Waals surface area contributed by atoms with Gasteiger partial charge in [0.1, 0.15) is 0 Å². The molecule has 0 N–H and O–H groups in total. The van der Waals surface area contributed by atoms with Crippen LogP contribution in [0.5, 0.6) is 0 Å². The van der Waals surface area contributed by atoms with Gasteiger partial charge in [0.25, 0.3) is 31.0 Å². The van der Waals surface area contributed by atoms with Crippen molar-refractivity contribution in [2.24, 2.45) is 0 Å². The van der Waals surface area contributed by atoms with Gasteiger partial charge in [-0.2, -0.15) is 0 Å². The summed E-state index contributed by atoms with van der Waals surface area (Å²) in [5.41, 5.74) is 8.15. The average molecular weight is 412 g/mol. The first-order chi connectivity index (χ1) is 12.5. The largest absolute Gasteiger partial charge is 0.504 e. The van der Waals surface area contributed by atoms with E-state index in [1.807, 2.05) is 0 Å². The normalized spacial score (nSPS) is 11.4. The number of nitro benzene ring substituents is 2. The molecule has 0 spiro atoms. The summed E-state index contributed by atoms with van der Waals surface area (Å²) >= 11 is 0. The Hall–Kier alpha value is -3.48. The summed E-state index contributed by atoms with van der Waals surface area (Å²) in [6.45, 7) is 0. The maximum absolute atomic E-state index is 12.5. The maximum Gasteiger partial charge on any atom is 0.504 e. The molecule has 0 saturated carbocycles. The fourth-order valence-electron chi connectivity index (χ4n) is 1.95. The number of hydrogen-bond acceptors (Lipinski definition) is 8. The SMILES string of the molecule is [N-]=[N+]=C(S(=O)(=O)c1ccc([N+](=O)[O-])cc1)S(=O)(=O)c1ccc([N+](=O)[O-])cc1. The lowest BCUT2D eigenvalue weighted by atomic mass is 10.3. The molecular weight excluding hydrogens is 404 g/mol. The average Bonchev–Trinajstić information content (AvgIpc) is 2.62. The van der Waals surface area contributed by atoms with Crippen molar-refractivity contribution in [3.8, 4) is 0 Å². The van der Waals surface area contributed by atoms with Gasteiger partial charge in [-0.25, -0.2) is 16.8 Å². The van der Waals surface area contributed by atoms with Crippen molar-refractivity contribution in [3.63, 3.8) is 0 Å². The standard InChI is InChI=1S/C13H8N4O8S2/c14-15-13(26(22,23)11-5-1-9(2-6-11)16(18)19)27(24,25)12-7-3-10(4-8-12)17(20)21/h1-8H. The molecule has 0 aromatic heterocycles. The van der Waals surface area contributed by atoms with E-state index >= 15 is 0 Å². The maximum atomic E-state index is 12.5. The Bertz CT molecular complexity index is 1090. The van der Waals surface area contributed by atoms with Crippen LogP contribution in [0, 0.1) is 20.2 Å². The molecule has 0 amide bonds. The van der Waals surface area contributed by atoms with Gasteiger partial charge in [-0.1, -0.05) is 0 Å². The molecule has 0 unspecified atom stereocenters. The van der Waals surface area contributed by atoms with Crippen LogP contribution in [0.25, 0.3) is 5.53 Å². The highest BCUT2D eigenvalue weighted by molar-refractivity contribution is 8.31. The molecule has 0 aliphatic carbocycles. The summed E-state index contributed by atoms with van der Waals surface area (Å²) in [6, 6.07) is 6.46. The highest BCUT2D eigenvalue weighted by atomic mass is 32.3. The molecule has 2 rings (SSSR count). The fraction of sp³-hybridized carbons (Fsp3) is 0. The predicted octanol–water partition coefficient (Wildman–Crippen LogP) is 1.34. The van der Waals surface area contributed by atoms with Gasteiger partial charge in [-0.05, 0) is 24.3 Å². The summed E-state index contributed by atoms with van der Waals surface area (Å²) < 4.78 is 48.3. The first kappa shape index (κ1) is 19.8. The summed E-state index contributed by atoms with van der Waals surface area (Å²) in [5.74, 6) is 0. The minimum atomic E-state index is -4.87. The second-order valence-electron chi connectivity index (χ2n) is 4.87. The quantitative estimate of drug-likeness (QED) is 0.179. The minimum absolute atomic E-state index is 0.435. The third kappa shape index (κ3) is 3.72. The number of rotatable bonds is 4. The molecular formula is C13H8N4O8S2. The summed E-state index contributed by atoms with van der Waals surface area (Å²) in [6.07, 6.45) is 0. The van der Waals surface area contributed by atoms with Crippen LogP contribution in [0.1, 0.15) is 0 Å². The van der Waals surface area contributed by atoms with Crippen molar-refractivity contribution >= 4 is 35.4 Å². The van der Waals surface area contributed by atoms with Crippen LogP contribution in [0.15, 0.2) is 58.3 Å². The van der Waals surface area contributed by atoms with E-state index in [1.54, 1.807) is 0 Å². The third-order valence-corrected chi connectivity index (χ3v) is 7.44. The molecule has 0 heterocycles. The zero-order chi connectivity index (χ0) is 20.4. The topological polar surface area (TPSA) is 191 Å². The van der Waals surface area contributed by atoms with Crippen LogP contribution < -0.4 is 0 Å². The lowest BCUT2D eigenvalue weighted by Gasteiger charge is -2.02. The Morgan fingerprint density at radius 3 is 1.26 bits per heavy atom. The van der Waals surface area contributed by atoms with Crippen molar-refractivity contribution in [1.82, 2.24) is 0 Å². The first-order valence-electron chi connectivity index (χ1n) is 6.73. The Balaban J connectivity index is 2.55. The Labute approximate surface area is 151 Å². The molecule has 0 saturated heterocycles. The molecule has 140 valence electrons. The van der Waals surface area contributed by atoms with E-state index < -0.39 is 55.1 Å². The molecule has 14 heteroatoms. The van der Waals surface area contributed by atoms with Crippen LogP contribution >= 0.6 is 0 Å². The third-order valence-electron chi connectivity index (χ3n) is 3.26. The van der Waals surface area contributed by atoms with Crippen LogP contribution in [0.3, 0.4) is 0 Å². The minimum Gasteiger partial charge on any atom is -0.359 e. The van der Waals surface area contributed by atoms with E-state index in [2.05, 4.69) is 4.79 Å². The lowest BCUT2D eigenvalue weighted by Crippen LogP contribution is -2.26. The lowest BCUT2D eigenvalue weighted by molar-refractivity contribution is -0.385. The van der Waals surface area contributed by atoms with Crippen molar-refractivity contribution in [2.75, 3.05) is 0 Å². The van der Waals surface area contributed by atoms with E-state index in [0.717, 1.165) is 48.5 Å². The number of hydrogen-bond donors (Lipinski definition) is 0. The van der Waals surface area contributed by atoms with Gasteiger partial charge in [0.15, 0.2) is 0 Å². The Morgan fingerprint density at radius 2 is 1.04 bits per heavy atom. The first-order valence-corrected chi connectivity index (χ1v) is 9.69. The van der Waals surface area contributed by atoms with E-state index in [0.29, 0.717) is 0 Å². The highest BCUT2D eigenvalue weighted by Crippen LogP contribution is 2.23. The molecule has 27 heavy (non-hydrogen) atoms. The fourth-order valence-corrected chi connectivity index (χ4v) is 5.29. The van der Waals surface area contributed by atoms with Gasteiger partial charge < -0.3 is 5.53 Å². The van der Waals surface area contributed by atoms with Crippen molar-refractivity contribution < 1.29 is 31.5 Å². The summed E-state index contributed by atoms with van der Waals surface area (Å²) in [5, 5.41) is 21.2. The second-order valence-corrected chi connectivity index (χ2v) is 8.86. The van der Waals surface area contributed by atoms with Gasteiger partial charge in [-0.15, -0.1) is 4.79 Å². The van der Waals surface area contributed by atoms with Crippen molar-refractivity contribution in [2.45, 2.75) is 9.79 Å². The Morgan fingerprint density at radius 1 is 0.741 bits per heavy atom. The number of benzene rings is 2. The van der Waals surface area contributed by atoms with Crippen LogP contribution in [0.2, 0.25) is 0 Å². The number of sulfone groups is 2. The molecule has 0 fully saturated rings. The van der Waals surface area contributed by atoms with Crippen LogP contribution in [-0.4, -0.2) is 35.8 Å². The molecule has 0 atom stereocenters. The second kappa shape index (κ2) is 7.03. The van der Waals surface area contributed by atoms with E-state index in [4.69, 9.17) is 5.53 Å². The van der Waals surface area contributed by atoms with Gasteiger partial charge in [0.2, 0.25) is 0 Å². The van der Waals surface area contributed by atoms with E-state index in [1.165, 1.54) is 0 Å². The zero-order valence-electron chi connectivity index (χ0n) is 13.0. The van der Waals surface area contributed by atoms with Gasteiger partial charge in [0, 0.05) is 24.3 Å². The monoisotopic (exact) mass is 412 g/mol. The van der Waals surface area contributed by atoms with Gasteiger partial charge in [-0.3, -0.25) is 20.2 Å². The summed E-state index contributed by atoms with van der Waals surface area (Å²) in [7, 11) is -9.74. The molecule has 12 nitrogen and oxygen atoms in total. The Kier molecular flexibility index (Phi) is 5.16. The molecule has 0 aliphatic heterocycles. The van der Waals surface area contributed by atoms with Gasteiger partial charge in [0.05, 0.1) is 19.6 Å². The molecule has 0 bridgehead atoms. The smallest absolute Gasteiger partial charge is 0.359 e. The van der Waals surface area contributed by atoms with E-state index in [9.17, 15) is 37.1 Å². The van der Waals surface area contributed by atoms with Gasteiger partial charge >= 0.3 is 4.38 Å². The number of nitro groups is 2. The van der Waals surface area contributed by atoms with Crippen LogP contribution in [-0.2, 0) is 19.7 Å². The zero-order valence-corrected chi connectivity index (χ0v) is 14.6. The molecule has 0 radical (unpaired) electrons. The molecule has 0 aliphatic rings. The number of non-ortho nitro benzene ring substituents is 2. The van der Waals surface area contributed by atoms with Crippen LogP contribution in [0.4, 0.5) is 11.4 Å². The van der Waals surface area contributed by atoms with Crippen molar-refractivity contribution in [1.29, 1.82) is 0 Å². The summed E-state index contributed by atoms with van der Waals surface area (Å²) in [4.78, 5) is 20.7. The highest BCUT2D eigenvalue weighted by Gasteiger charge is 2.44. The van der Waals surface area contributed by atoms with Crippen molar-refractivity contribution in [3.05, 3.63) is 74.3 Å². The number of nitrogens with zero attached hydrogens (tertiary/aromatic N) is 4.